The molecule has 0 aliphatic heterocycles. The van der Waals surface area contributed by atoms with Crippen molar-refractivity contribution in [3.05, 3.63) is 59.1 Å². The third-order valence-corrected chi connectivity index (χ3v) is 4.56. The summed E-state index contributed by atoms with van der Waals surface area (Å²) in [7, 11) is -3.75. The van der Waals surface area contributed by atoms with Gasteiger partial charge >= 0.3 is 0 Å². The van der Waals surface area contributed by atoms with Gasteiger partial charge in [-0.2, -0.15) is 0 Å². The number of carboxylic acids is 1. The van der Waals surface area contributed by atoms with Crippen LogP contribution in [-0.4, -0.2) is 21.0 Å². The predicted molar refractivity (Wildman–Crippen MR) is 82.4 cm³/mol. The van der Waals surface area contributed by atoms with Crippen molar-refractivity contribution < 1.29 is 23.1 Å². The molecule has 0 unspecified atom stereocenters. The highest BCUT2D eigenvalue weighted by Crippen LogP contribution is 2.27. The summed E-state index contributed by atoms with van der Waals surface area (Å²) in [5, 5.41) is 10.3. The van der Waals surface area contributed by atoms with Gasteiger partial charge in [0.15, 0.2) is 0 Å². The molecular weight excluding hydrogens is 342 g/mol. The second kappa shape index (κ2) is 7.45. The fraction of sp³-hybridized carbons (Fsp3) is 0.133. The maximum atomic E-state index is 12.2. The molecule has 8 heteroatoms. The van der Waals surface area contributed by atoms with Crippen LogP contribution >= 0.6 is 11.6 Å². The molecule has 122 valence electrons. The molecule has 0 aliphatic rings. The number of hydrogen-bond acceptors (Lipinski definition) is 5. The van der Waals surface area contributed by atoms with Crippen LogP contribution in [-0.2, 0) is 21.4 Å². The molecule has 2 aromatic rings. The van der Waals surface area contributed by atoms with Crippen molar-refractivity contribution in [2.45, 2.75) is 11.4 Å². The molecule has 0 aliphatic carbocycles. The van der Waals surface area contributed by atoms with E-state index in [1.165, 1.54) is 18.2 Å². The van der Waals surface area contributed by atoms with Crippen LogP contribution in [0.2, 0.25) is 5.02 Å². The number of carboxylic acid groups (broad SMARTS) is 1. The van der Waals surface area contributed by atoms with E-state index in [0.717, 1.165) is 5.56 Å². The molecule has 6 nitrogen and oxygen atoms in total. The van der Waals surface area contributed by atoms with Crippen molar-refractivity contribution in [3.8, 4) is 5.75 Å². The Morgan fingerprint density at radius 1 is 1.17 bits per heavy atom. The predicted octanol–water partition coefficient (Wildman–Crippen LogP) is 0.947. The van der Waals surface area contributed by atoms with Crippen LogP contribution in [0.4, 0.5) is 0 Å². The molecule has 0 fully saturated rings. The number of ether oxygens (including phenoxy) is 1. The summed E-state index contributed by atoms with van der Waals surface area (Å²) in [6.45, 7) is -0.526. The number of sulfonamides is 1. The second-order valence-electron chi connectivity index (χ2n) is 4.56. The SMILES string of the molecule is O=C([O-])COc1ccc(S(=O)(=O)NCc2ccccc2)cc1Cl. The smallest absolute Gasteiger partial charge is 0.240 e. The van der Waals surface area contributed by atoms with Gasteiger partial charge in [-0.15, -0.1) is 0 Å². The Labute approximate surface area is 138 Å². The van der Waals surface area contributed by atoms with Crippen LogP contribution in [0.3, 0.4) is 0 Å². The third-order valence-electron chi connectivity index (χ3n) is 2.87. The van der Waals surface area contributed by atoms with Crippen LogP contribution < -0.4 is 14.6 Å². The van der Waals surface area contributed by atoms with Crippen LogP contribution in [0.15, 0.2) is 53.4 Å². The topological polar surface area (TPSA) is 95.5 Å². The number of carbonyl (C=O) groups is 1. The summed E-state index contributed by atoms with van der Waals surface area (Å²) in [5.41, 5.74) is 0.816. The van der Waals surface area contributed by atoms with Crippen molar-refractivity contribution in [2.75, 3.05) is 6.61 Å². The van der Waals surface area contributed by atoms with Crippen molar-refractivity contribution in [3.63, 3.8) is 0 Å². The first-order valence-electron chi connectivity index (χ1n) is 6.54. The zero-order valence-corrected chi connectivity index (χ0v) is 13.4. The maximum absolute atomic E-state index is 12.2. The third kappa shape index (κ3) is 4.95. The second-order valence-corrected chi connectivity index (χ2v) is 6.74. The van der Waals surface area contributed by atoms with Crippen molar-refractivity contribution >= 4 is 27.6 Å². The average Bonchev–Trinajstić information content (AvgIpc) is 2.52. The van der Waals surface area contributed by atoms with Crippen LogP contribution in [0.1, 0.15) is 5.56 Å². The van der Waals surface area contributed by atoms with Gasteiger partial charge in [0, 0.05) is 6.54 Å². The zero-order chi connectivity index (χ0) is 16.9. The first-order valence-corrected chi connectivity index (χ1v) is 8.40. The Bertz CT molecular complexity index is 793. The number of rotatable bonds is 7. The Kier molecular flexibility index (Phi) is 5.59. The molecule has 1 N–H and O–H groups in total. The maximum Gasteiger partial charge on any atom is 0.240 e. The van der Waals surface area contributed by atoms with Gasteiger partial charge in [-0.3, -0.25) is 0 Å². The summed E-state index contributed by atoms with van der Waals surface area (Å²) in [4.78, 5) is 10.3. The molecule has 0 spiro atoms. The van der Waals surface area contributed by atoms with Gasteiger partial charge in [-0.25, -0.2) is 13.1 Å². The van der Waals surface area contributed by atoms with Gasteiger partial charge in [0.1, 0.15) is 12.4 Å². The fourth-order valence-corrected chi connectivity index (χ4v) is 3.10. The zero-order valence-electron chi connectivity index (χ0n) is 11.9. The molecule has 0 bridgehead atoms. The van der Waals surface area contributed by atoms with E-state index in [9.17, 15) is 18.3 Å². The molecule has 0 heterocycles. The summed E-state index contributed by atoms with van der Waals surface area (Å²) in [5.74, 6) is -1.33. The lowest BCUT2D eigenvalue weighted by Gasteiger charge is -2.11. The standard InChI is InChI=1S/C15H14ClNO5S/c16-13-8-12(6-7-14(13)22-10-15(18)19)23(20,21)17-9-11-4-2-1-3-5-11/h1-8,17H,9-10H2,(H,18,19)/p-1. The number of benzene rings is 2. The Morgan fingerprint density at radius 2 is 1.87 bits per heavy atom. The number of nitrogens with one attached hydrogen (secondary N) is 1. The summed E-state index contributed by atoms with van der Waals surface area (Å²) in [6.07, 6.45) is 0. The highest BCUT2D eigenvalue weighted by atomic mass is 35.5. The monoisotopic (exact) mass is 354 g/mol. The largest absolute Gasteiger partial charge is 0.546 e. The molecule has 0 aromatic heterocycles. The lowest BCUT2D eigenvalue weighted by molar-refractivity contribution is -0.307. The Hall–Kier alpha value is -2.09. The lowest BCUT2D eigenvalue weighted by atomic mass is 10.2. The van der Waals surface area contributed by atoms with E-state index < -0.39 is 22.6 Å². The molecule has 2 rings (SSSR count). The van der Waals surface area contributed by atoms with E-state index in [4.69, 9.17) is 16.3 Å². The van der Waals surface area contributed by atoms with E-state index in [1.807, 2.05) is 18.2 Å². The quantitative estimate of drug-likeness (QED) is 0.798. The van der Waals surface area contributed by atoms with Crippen LogP contribution in [0, 0.1) is 0 Å². The van der Waals surface area contributed by atoms with Crippen molar-refractivity contribution in [1.82, 2.24) is 4.72 Å². The van der Waals surface area contributed by atoms with E-state index in [-0.39, 0.29) is 22.2 Å². The fourth-order valence-electron chi connectivity index (χ4n) is 1.76. The first-order chi connectivity index (χ1) is 10.9. The molecule has 0 saturated heterocycles. The molecule has 0 radical (unpaired) electrons. The molecule has 2 aromatic carbocycles. The molecule has 0 amide bonds. The van der Waals surface area contributed by atoms with Gasteiger partial charge in [0.2, 0.25) is 10.0 Å². The normalized spacial score (nSPS) is 11.2. The van der Waals surface area contributed by atoms with E-state index in [2.05, 4.69) is 4.72 Å². The highest BCUT2D eigenvalue weighted by Gasteiger charge is 2.16. The molecule has 0 atom stereocenters. The minimum Gasteiger partial charge on any atom is -0.546 e. The van der Waals surface area contributed by atoms with Crippen LogP contribution in [0.5, 0.6) is 5.75 Å². The van der Waals surface area contributed by atoms with E-state index >= 15 is 0 Å². The van der Waals surface area contributed by atoms with Gasteiger partial charge in [0.05, 0.1) is 15.9 Å². The highest BCUT2D eigenvalue weighted by molar-refractivity contribution is 7.89. The molecule has 0 saturated carbocycles. The van der Waals surface area contributed by atoms with Gasteiger partial charge in [0.25, 0.3) is 0 Å². The molecule has 23 heavy (non-hydrogen) atoms. The van der Waals surface area contributed by atoms with E-state index in [1.54, 1.807) is 12.1 Å². The van der Waals surface area contributed by atoms with Crippen molar-refractivity contribution in [1.29, 1.82) is 0 Å². The first kappa shape index (κ1) is 17.3. The van der Waals surface area contributed by atoms with Crippen molar-refractivity contribution in [2.24, 2.45) is 0 Å². The number of carbonyl (C=O) groups excluding carboxylic acids is 1. The minimum absolute atomic E-state index is 0.00571. The number of halogens is 1. The summed E-state index contributed by atoms with van der Waals surface area (Å²) < 4.78 is 31.8. The van der Waals surface area contributed by atoms with Gasteiger partial charge < -0.3 is 14.6 Å². The average molecular weight is 355 g/mol. The molecular formula is C15H13ClNO5S-. The number of aliphatic carboxylic acids is 1. The summed E-state index contributed by atoms with van der Waals surface area (Å²) >= 11 is 5.91. The Balaban J connectivity index is 2.10. The minimum atomic E-state index is -3.75. The van der Waals surface area contributed by atoms with Crippen LogP contribution in [0.25, 0.3) is 0 Å². The van der Waals surface area contributed by atoms with E-state index in [0.29, 0.717) is 0 Å². The van der Waals surface area contributed by atoms with Gasteiger partial charge in [-0.1, -0.05) is 41.9 Å². The Morgan fingerprint density at radius 3 is 2.48 bits per heavy atom. The number of hydrogen-bond donors (Lipinski definition) is 1. The van der Waals surface area contributed by atoms with Gasteiger partial charge in [-0.05, 0) is 23.8 Å². The lowest BCUT2D eigenvalue weighted by Crippen LogP contribution is -2.29. The summed E-state index contributed by atoms with van der Waals surface area (Å²) in [6, 6.07) is 12.8.